The standard InChI is InChI=1S/C15H15N5OS/c1-21-9-10-22-15-19-18-14(13-11-16-7-8-17-13)20(15)12-5-3-2-4-6-12/h2-8,11H,9-10H2,1H3. The van der Waals surface area contributed by atoms with E-state index in [9.17, 15) is 0 Å². The molecule has 0 atom stereocenters. The zero-order valence-corrected chi connectivity index (χ0v) is 12.9. The van der Waals surface area contributed by atoms with Crippen molar-refractivity contribution in [2.75, 3.05) is 19.5 Å². The summed E-state index contributed by atoms with van der Waals surface area (Å²) in [6.45, 7) is 0.660. The maximum atomic E-state index is 5.10. The van der Waals surface area contributed by atoms with Crippen molar-refractivity contribution in [3.63, 3.8) is 0 Å². The van der Waals surface area contributed by atoms with E-state index in [1.807, 2.05) is 34.9 Å². The molecule has 1 aromatic carbocycles. The quantitative estimate of drug-likeness (QED) is 0.514. The van der Waals surface area contributed by atoms with E-state index in [1.54, 1.807) is 37.5 Å². The Labute approximate surface area is 132 Å². The molecule has 112 valence electrons. The Hall–Kier alpha value is -2.25. The molecule has 2 aromatic heterocycles. The monoisotopic (exact) mass is 313 g/mol. The summed E-state index contributed by atoms with van der Waals surface area (Å²) >= 11 is 1.60. The molecule has 0 spiro atoms. The number of rotatable bonds is 6. The molecular formula is C15H15N5OS. The van der Waals surface area contributed by atoms with Crippen molar-refractivity contribution < 1.29 is 4.74 Å². The third-order valence-corrected chi connectivity index (χ3v) is 3.85. The van der Waals surface area contributed by atoms with Gasteiger partial charge < -0.3 is 4.74 Å². The minimum absolute atomic E-state index is 0.660. The molecular weight excluding hydrogens is 298 g/mol. The number of aromatic nitrogens is 5. The fourth-order valence-electron chi connectivity index (χ4n) is 1.97. The minimum Gasteiger partial charge on any atom is -0.384 e. The van der Waals surface area contributed by atoms with Crippen LogP contribution in [0.5, 0.6) is 0 Å². The first-order chi connectivity index (χ1) is 10.9. The SMILES string of the molecule is COCCSc1nnc(-c2cnccn2)n1-c1ccccc1. The largest absolute Gasteiger partial charge is 0.384 e. The van der Waals surface area contributed by atoms with Gasteiger partial charge in [-0.15, -0.1) is 10.2 Å². The Morgan fingerprint density at radius 2 is 2.00 bits per heavy atom. The molecule has 2 heterocycles. The number of benzene rings is 1. The fraction of sp³-hybridized carbons (Fsp3) is 0.200. The van der Waals surface area contributed by atoms with Crippen molar-refractivity contribution in [2.45, 2.75) is 5.16 Å². The molecule has 0 unspecified atom stereocenters. The first-order valence-corrected chi connectivity index (χ1v) is 7.77. The topological polar surface area (TPSA) is 65.7 Å². The predicted octanol–water partition coefficient (Wildman–Crippen LogP) is 2.46. The summed E-state index contributed by atoms with van der Waals surface area (Å²) in [6, 6.07) is 9.99. The Morgan fingerprint density at radius 1 is 1.14 bits per heavy atom. The molecule has 0 saturated carbocycles. The van der Waals surface area contributed by atoms with E-state index in [-0.39, 0.29) is 0 Å². The second kappa shape index (κ2) is 7.15. The fourth-order valence-corrected chi connectivity index (χ4v) is 2.82. The Bertz CT molecular complexity index is 717. The molecule has 0 radical (unpaired) electrons. The van der Waals surface area contributed by atoms with Crippen LogP contribution in [0.1, 0.15) is 0 Å². The lowest BCUT2D eigenvalue weighted by Crippen LogP contribution is -2.02. The number of para-hydroxylation sites is 1. The number of hydrogen-bond donors (Lipinski definition) is 0. The highest BCUT2D eigenvalue weighted by Crippen LogP contribution is 2.26. The second-order valence-electron chi connectivity index (χ2n) is 4.41. The van der Waals surface area contributed by atoms with Gasteiger partial charge in [-0.3, -0.25) is 9.55 Å². The van der Waals surface area contributed by atoms with Crippen molar-refractivity contribution in [3.05, 3.63) is 48.9 Å². The van der Waals surface area contributed by atoms with Gasteiger partial charge in [0.2, 0.25) is 0 Å². The Kier molecular flexibility index (Phi) is 4.77. The molecule has 7 heteroatoms. The lowest BCUT2D eigenvalue weighted by Gasteiger charge is -2.09. The Balaban J connectivity index is 2.04. The van der Waals surface area contributed by atoms with E-state index in [4.69, 9.17) is 4.74 Å². The lowest BCUT2D eigenvalue weighted by molar-refractivity contribution is 0.218. The second-order valence-corrected chi connectivity index (χ2v) is 5.47. The molecule has 0 aliphatic heterocycles. The van der Waals surface area contributed by atoms with E-state index in [0.717, 1.165) is 16.6 Å². The van der Waals surface area contributed by atoms with Gasteiger partial charge in [-0.05, 0) is 12.1 Å². The predicted molar refractivity (Wildman–Crippen MR) is 85.0 cm³/mol. The molecule has 0 aliphatic rings. The summed E-state index contributed by atoms with van der Waals surface area (Å²) in [5.74, 6) is 1.49. The highest BCUT2D eigenvalue weighted by molar-refractivity contribution is 7.99. The third kappa shape index (κ3) is 3.15. The lowest BCUT2D eigenvalue weighted by atomic mass is 10.3. The highest BCUT2D eigenvalue weighted by atomic mass is 32.2. The molecule has 0 N–H and O–H groups in total. The number of ether oxygens (including phenoxy) is 1. The van der Waals surface area contributed by atoms with Gasteiger partial charge in [-0.1, -0.05) is 30.0 Å². The zero-order chi connectivity index (χ0) is 15.2. The van der Waals surface area contributed by atoms with Gasteiger partial charge in [0.25, 0.3) is 0 Å². The van der Waals surface area contributed by atoms with Gasteiger partial charge in [-0.25, -0.2) is 4.98 Å². The van der Waals surface area contributed by atoms with Crippen LogP contribution >= 0.6 is 11.8 Å². The summed E-state index contributed by atoms with van der Waals surface area (Å²) < 4.78 is 7.09. The van der Waals surface area contributed by atoms with Crippen molar-refractivity contribution in [3.8, 4) is 17.2 Å². The smallest absolute Gasteiger partial charge is 0.196 e. The van der Waals surface area contributed by atoms with Gasteiger partial charge in [-0.2, -0.15) is 0 Å². The van der Waals surface area contributed by atoms with Gasteiger partial charge in [0.15, 0.2) is 11.0 Å². The summed E-state index contributed by atoms with van der Waals surface area (Å²) in [6.07, 6.45) is 4.98. The average Bonchev–Trinajstić information content (AvgIpc) is 3.01. The van der Waals surface area contributed by atoms with Crippen LogP contribution in [0.25, 0.3) is 17.2 Å². The third-order valence-electron chi connectivity index (χ3n) is 2.96. The van der Waals surface area contributed by atoms with Crippen LogP contribution in [0.3, 0.4) is 0 Å². The summed E-state index contributed by atoms with van der Waals surface area (Å²) in [4.78, 5) is 8.44. The van der Waals surface area contributed by atoms with Gasteiger partial charge in [0.05, 0.1) is 12.8 Å². The van der Waals surface area contributed by atoms with E-state index in [2.05, 4.69) is 20.2 Å². The number of methoxy groups -OCH3 is 1. The van der Waals surface area contributed by atoms with Gasteiger partial charge >= 0.3 is 0 Å². The molecule has 0 saturated heterocycles. The highest BCUT2D eigenvalue weighted by Gasteiger charge is 2.16. The molecule has 0 amide bonds. The van der Waals surface area contributed by atoms with Crippen LogP contribution < -0.4 is 0 Å². The van der Waals surface area contributed by atoms with Gasteiger partial charge in [0, 0.05) is 30.9 Å². The van der Waals surface area contributed by atoms with Crippen LogP contribution in [-0.2, 0) is 4.74 Å². The molecule has 0 aliphatic carbocycles. The summed E-state index contributed by atoms with van der Waals surface area (Å²) in [5.41, 5.74) is 1.69. The van der Waals surface area contributed by atoms with Crippen molar-refractivity contribution in [2.24, 2.45) is 0 Å². The maximum absolute atomic E-state index is 5.10. The van der Waals surface area contributed by atoms with Crippen molar-refractivity contribution in [1.82, 2.24) is 24.7 Å². The number of nitrogens with zero attached hydrogens (tertiary/aromatic N) is 5. The normalized spacial score (nSPS) is 10.8. The van der Waals surface area contributed by atoms with E-state index < -0.39 is 0 Å². The van der Waals surface area contributed by atoms with Crippen LogP contribution in [0.2, 0.25) is 0 Å². The number of hydrogen-bond acceptors (Lipinski definition) is 6. The van der Waals surface area contributed by atoms with Crippen molar-refractivity contribution in [1.29, 1.82) is 0 Å². The molecule has 0 bridgehead atoms. The van der Waals surface area contributed by atoms with Gasteiger partial charge in [0.1, 0.15) is 5.69 Å². The molecule has 6 nitrogen and oxygen atoms in total. The van der Waals surface area contributed by atoms with E-state index >= 15 is 0 Å². The van der Waals surface area contributed by atoms with Crippen LogP contribution in [0, 0.1) is 0 Å². The van der Waals surface area contributed by atoms with Crippen LogP contribution in [0.15, 0.2) is 54.1 Å². The van der Waals surface area contributed by atoms with E-state index in [0.29, 0.717) is 18.1 Å². The molecule has 22 heavy (non-hydrogen) atoms. The van der Waals surface area contributed by atoms with Crippen LogP contribution in [0.4, 0.5) is 0 Å². The molecule has 3 aromatic rings. The van der Waals surface area contributed by atoms with Crippen molar-refractivity contribution >= 4 is 11.8 Å². The first kappa shape index (κ1) is 14.7. The zero-order valence-electron chi connectivity index (χ0n) is 12.1. The Morgan fingerprint density at radius 3 is 2.73 bits per heavy atom. The van der Waals surface area contributed by atoms with Crippen LogP contribution in [-0.4, -0.2) is 44.2 Å². The minimum atomic E-state index is 0.660. The maximum Gasteiger partial charge on any atom is 0.196 e. The summed E-state index contributed by atoms with van der Waals surface area (Å²) in [7, 11) is 1.69. The average molecular weight is 313 g/mol. The molecule has 0 fully saturated rings. The first-order valence-electron chi connectivity index (χ1n) is 6.79. The molecule has 3 rings (SSSR count). The van der Waals surface area contributed by atoms with E-state index in [1.165, 1.54) is 0 Å². The summed E-state index contributed by atoms with van der Waals surface area (Å²) in [5, 5.41) is 9.39. The number of thioether (sulfide) groups is 1.